The number of sulfonamides is 1. The minimum absolute atomic E-state index is 0.0372. The molecule has 4 rings (SSSR count). The molecule has 1 fully saturated rings. The molecule has 2 aromatic rings. The molecule has 0 aliphatic carbocycles. The van der Waals surface area contributed by atoms with Crippen LogP contribution < -0.4 is 5.32 Å². The Kier molecular flexibility index (Phi) is 6.91. The Balaban J connectivity index is 1.48. The van der Waals surface area contributed by atoms with Crippen molar-refractivity contribution >= 4 is 33.6 Å². The molecule has 8 heteroatoms. The van der Waals surface area contributed by atoms with Crippen LogP contribution in [0.3, 0.4) is 0 Å². The van der Waals surface area contributed by atoms with Crippen molar-refractivity contribution in [1.82, 2.24) is 9.21 Å². The number of carbonyl (C=O) groups is 2. The van der Waals surface area contributed by atoms with Gasteiger partial charge in [-0.3, -0.25) is 9.59 Å². The van der Waals surface area contributed by atoms with E-state index in [0.717, 1.165) is 30.4 Å². The molecule has 0 aromatic heterocycles. The average molecular weight is 482 g/mol. The quantitative estimate of drug-likeness (QED) is 0.679. The van der Waals surface area contributed by atoms with Crippen molar-refractivity contribution in [3.05, 3.63) is 65.9 Å². The average Bonchev–Trinajstić information content (AvgIpc) is 2.79. The molecule has 0 saturated carbocycles. The van der Waals surface area contributed by atoms with E-state index in [9.17, 15) is 18.0 Å². The van der Waals surface area contributed by atoms with E-state index < -0.39 is 16.1 Å². The number of benzene rings is 2. The molecule has 0 unspecified atom stereocenters. The molecule has 2 aromatic carbocycles. The minimum Gasteiger partial charge on any atom is -0.326 e. The standard InChI is InChI=1S/C26H31N3O4S/c1-18-7-6-8-19(2)29(18)34(32,33)23-13-11-22(12-14-23)27-26(31)17-25-24-10-5-4-9-21(24)15-16-28(25)20(3)30/h4-5,9-16,18-19,25H,6-8,17H2,1-3H3,(H,27,31)/t18-,19+,25-/m0/s1. The topological polar surface area (TPSA) is 86.8 Å². The zero-order chi connectivity index (χ0) is 24.5. The third-order valence-electron chi connectivity index (χ3n) is 6.67. The Morgan fingerprint density at radius 1 is 1.00 bits per heavy atom. The lowest BCUT2D eigenvalue weighted by Crippen LogP contribution is -2.47. The van der Waals surface area contributed by atoms with Crippen molar-refractivity contribution in [2.24, 2.45) is 0 Å². The van der Waals surface area contributed by atoms with Crippen LogP contribution in [-0.2, 0) is 19.6 Å². The maximum atomic E-state index is 13.2. The Morgan fingerprint density at radius 2 is 1.65 bits per heavy atom. The van der Waals surface area contributed by atoms with Gasteiger partial charge in [0.05, 0.1) is 17.4 Å². The summed E-state index contributed by atoms with van der Waals surface area (Å²) in [7, 11) is -3.61. The normalized spacial score (nSPS) is 22.8. The lowest BCUT2D eigenvalue weighted by molar-refractivity contribution is -0.129. The van der Waals surface area contributed by atoms with Gasteiger partial charge in [0.25, 0.3) is 0 Å². The smallest absolute Gasteiger partial charge is 0.243 e. The van der Waals surface area contributed by atoms with Crippen LogP contribution >= 0.6 is 0 Å². The number of anilines is 1. The van der Waals surface area contributed by atoms with Crippen LogP contribution in [0.4, 0.5) is 5.69 Å². The second kappa shape index (κ2) is 9.72. The van der Waals surface area contributed by atoms with Gasteiger partial charge in [0.15, 0.2) is 0 Å². The maximum absolute atomic E-state index is 13.2. The second-order valence-corrected chi connectivity index (χ2v) is 11.0. The van der Waals surface area contributed by atoms with Gasteiger partial charge in [-0.2, -0.15) is 4.31 Å². The zero-order valence-corrected chi connectivity index (χ0v) is 20.6. The predicted molar refractivity (Wildman–Crippen MR) is 132 cm³/mol. The van der Waals surface area contributed by atoms with Gasteiger partial charge in [0, 0.05) is 30.9 Å². The molecule has 180 valence electrons. The van der Waals surface area contributed by atoms with Crippen molar-refractivity contribution < 1.29 is 18.0 Å². The molecule has 2 aliphatic rings. The highest BCUT2D eigenvalue weighted by molar-refractivity contribution is 7.89. The van der Waals surface area contributed by atoms with E-state index >= 15 is 0 Å². The molecule has 3 atom stereocenters. The van der Waals surface area contributed by atoms with Crippen molar-refractivity contribution in [2.45, 2.75) is 69.5 Å². The van der Waals surface area contributed by atoms with Crippen LogP contribution in [0.15, 0.2) is 59.6 Å². The number of nitrogens with one attached hydrogen (secondary N) is 1. The second-order valence-electron chi connectivity index (χ2n) is 9.13. The van der Waals surface area contributed by atoms with Crippen LogP contribution in [0.5, 0.6) is 0 Å². The first kappa shape index (κ1) is 24.2. The highest BCUT2D eigenvalue weighted by Gasteiger charge is 2.35. The monoisotopic (exact) mass is 481 g/mol. The van der Waals surface area contributed by atoms with E-state index in [2.05, 4.69) is 5.32 Å². The highest BCUT2D eigenvalue weighted by Crippen LogP contribution is 2.33. The summed E-state index contributed by atoms with van der Waals surface area (Å²) < 4.78 is 28.0. The number of hydrogen-bond acceptors (Lipinski definition) is 4. The molecule has 1 saturated heterocycles. The van der Waals surface area contributed by atoms with Gasteiger partial charge in [-0.05, 0) is 68.2 Å². The van der Waals surface area contributed by atoms with E-state index in [4.69, 9.17) is 0 Å². The number of nitrogens with zero attached hydrogens (tertiary/aromatic N) is 2. The minimum atomic E-state index is -3.61. The summed E-state index contributed by atoms with van der Waals surface area (Å²) in [5.74, 6) is -0.394. The fraction of sp³-hybridized carbons (Fsp3) is 0.385. The summed E-state index contributed by atoms with van der Waals surface area (Å²) in [6.45, 7) is 5.38. The fourth-order valence-corrected chi connectivity index (χ4v) is 6.89. The zero-order valence-electron chi connectivity index (χ0n) is 19.8. The maximum Gasteiger partial charge on any atom is 0.243 e. The van der Waals surface area contributed by atoms with Gasteiger partial charge < -0.3 is 10.2 Å². The van der Waals surface area contributed by atoms with Gasteiger partial charge in [-0.15, -0.1) is 0 Å². The first-order valence-electron chi connectivity index (χ1n) is 11.7. The summed E-state index contributed by atoms with van der Waals surface area (Å²) in [4.78, 5) is 26.8. The highest BCUT2D eigenvalue weighted by atomic mass is 32.2. The lowest BCUT2D eigenvalue weighted by Gasteiger charge is -2.37. The molecule has 1 N–H and O–H groups in total. The third-order valence-corrected chi connectivity index (χ3v) is 8.82. The van der Waals surface area contributed by atoms with Crippen LogP contribution in [0.2, 0.25) is 0 Å². The van der Waals surface area contributed by atoms with Gasteiger partial charge in [0.1, 0.15) is 0 Å². The Labute approximate surface area is 201 Å². The third kappa shape index (κ3) is 4.79. The molecular weight excluding hydrogens is 450 g/mol. The first-order valence-corrected chi connectivity index (χ1v) is 13.1. The summed E-state index contributed by atoms with van der Waals surface area (Å²) in [5, 5.41) is 2.85. The fourth-order valence-electron chi connectivity index (χ4n) is 5.00. The van der Waals surface area contributed by atoms with Gasteiger partial charge in [0.2, 0.25) is 21.8 Å². The molecule has 0 radical (unpaired) electrons. The van der Waals surface area contributed by atoms with Crippen molar-refractivity contribution in [3.8, 4) is 0 Å². The van der Waals surface area contributed by atoms with Crippen LogP contribution in [-0.4, -0.2) is 41.5 Å². The number of amides is 2. The summed E-state index contributed by atoms with van der Waals surface area (Å²) in [6, 6.07) is 13.5. The van der Waals surface area contributed by atoms with Crippen LogP contribution in [0.1, 0.15) is 63.6 Å². The molecule has 2 amide bonds. The molecule has 2 heterocycles. The SMILES string of the molecule is CC(=O)N1C=Cc2ccccc2[C@@H]1CC(=O)Nc1ccc(S(=O)(=O)N2[C@H](C)CCC[C@@H]2C)cc1. The number of carbonyl (C=O) groups excluding carboxylic acids is 2. The van der Waals surface area contributed by atoms with E-state index in [0.29, 0.717) is 5.69 Å². The summed E-state index contributed by atoms with van der Waals surface area (Å²) >= 11 is 0. The van der Waals surface area contributed by atoms with E-state index in [1.54, 1.807) is 39.7 Å². The molecule has 0 spiro atoms. The van der Waals surface area contributed by atoms with E-state index in [-0.39, 0.29) is 35.2 Å². The number of rotatable bonds is 5. The van der Waals surface area contributed by atoms with Crippen LogP contribution in [0, 0.1) is 0 Å². The van der Waals surface area contributed by atoms with Crippen molar-refractivity contribution in [2.75, 3.05) is 5.32 Å². The molecule has 0 bridgehead atoms. The molecule has 34 heavy (non-hydrogen) atoms. The number of piperidine rings is 1. The Bertz CT molecular complexity index is 1200. The lowest BCUT2D eigenvalue weighted by atomic mass is 9.93. The summed E-state index contributed by atoms with van der Waals surface area (Å²) in [5.41, 5.74) is 2.41. The molecule has 7 nitrogen and oxygen atoms in total. The van der Waals surface area contributed by atoms with Crippen molar-refractivity contribution in [1.29, 1.82) is 0 Å². The van der Waals surface area contributed by atoms with E-state index in [1.165, 1.54) is 6.92 Å². The predicted octanol–water partition coefficient (Wildman–Crippen LogP) is 4.54. The molecular formula is C26H31N3O4S. The van der Waals surface area contributed by atoms with Crippen LogP contribution in [0.25, 0.3) is 6.08 Å². The summed E-state index contributed by atoms with van der Waals surface area (Å²) in [6.07, 6.45) is 6.41. The Morgan fingerprint density at radius 3 is 2.29 bits per heavy atom. The van der Waals surface area contributed by atoms with Gasteiger partial charge in [-0.1, -0.05) is 30.7 Å². The van der Waals surface area contributed by atoms with Gasteiger partial charge in [-0.25, -0.2) is 8.42 Å². The largest absolute Gasteiger partial charge is 0.326 e. The molecule has 2 aliphatic heterocycles. The number of fused-ring (bicyclic) bond motifs is 1. The number of hydrogen-bond donors (Lipinski definition) is 1. The van der Waals surface area contributed by atoms with Crippen molar-refractivity contribution in [3.63, 3.8) is 0 Å². The Hall–Kier alpha value is -2.97. The van der Waals surface area contributed by atoms with E-state index in [1.807, 2.05) is 44.2 Å². The first-order chi connectivity index (χ1) is 16.2. The van der Waals surface area contributed by atoms with Gasteiger partial charge >= 0.3 is 0 Å².